The molecule has 0 aliphatic heterocycles. The predicted molar refractivity (Wildman–Crippen MR) is 90.2 cm³/mol. The Morgan fingerprint density at radius 1 is 1.21 bits per heavy atom. The van der Waals surface area contributed by atoms with E-state index in [1.807, 2.05) is 32.0 Å². The van der Waals surface area contributed by atoms with Gasteiger partial charge in [-0.25, -0.2) is 5.43 Å². The summed E-state index contributed by atoms with van der Waals surface area (Å²) in [5.41, 5.74) is 4.89. The number of aryl methyl sites for hydroxylation is 2. The van der Waals surface area contributed by atoms with Crippen LogP contribution in [0.2, 0.25) is 0 Å². The number of hydrazone groups is 1. The number of nitro groups is 1. The molecule has 24 heavy (non-hydrogen) atoms. The van der Waals surface area contributed by atoms with Crippen LogP contribution in [-0.4, -0.2) is 23.7 Å². The van der Waals surface area contributed by atoms with Crippen molar-refractivity contribution < 1.29 is 14.5 Å². The van der Waals surface area contributed by atoms with Crippen LogP contribution < -0.4 is 10.2 Å². The lowest BCUT2D eigenvalue weighted by Gasteiger charge is -2.10. The number of hydrogen-bond acceptors (Lipinski definition) is 5. The summed E-state index contributed by atoms with van der Waals surface area (Å²) in [6, 6.07) is 11.6. The minimum atomic E-state index is -0.479. The number of para-hydroxylation sites is 1. The third-order valence-corrected chi connectivity index (χ3v) is 3.26. The molecule has 0 aliphatic rings. The molecule has 1 N–H and O–H groups in total. The zero-order valence-corrected chi connectivity index (χ0v) is 13.4. The van der Waals surface area contributed by atoms with E-state index in [2.05, 4.69) is 10.5 Å². The first kappa shape index (κ1) is 17.1. The second kappa shape index (κ2) is 7.87. The quantitative estimate of drug-likeness (QED) is 0.501. The Bertz CT molecular complexity index is 750. The van der Waals surface area contributed by atoms with Crippen LogP contribution in [0.1, 0.15) is 16.7 Å². The van der Waals surface area contributed by atoms with Crippen LogP contribution in [0.25, 0.3) is 0 Å². The average Bonchev–Trinajstić information content (AvgIpc) is 2.55. The number of amides is 1. The van der Waals surface area contributed by atoms with Gasteiger partial charge in [-0.3, -0.25) is 14.9 Å². The fourth-order valence-electron chi connectivity index (χ4n) is 2.06. The Morgan fingerprint density at radius 3 is 2.42 bits per heavy atom. The molecule has 0 aromatic heterocycles. The van der Waals surface area contributed by atoms with Crippen molar-refractivity contribution in [1.82, 2.24) is 5.43 Å². The van der Waals surface area contributed by atoms with Crippen LogP contribution in [-0.2, 0) is 4.79 Å². The van der Waals surface area contributed by atoms with Crippen LogP contribution in [0.3, 0.4) is 0 Å². The number of non-ortho nitro benzene ring substituents is 1. The van der Waals surface area contributed by atoms with Gasteiger partial charge in [0.1, 0.15) is 5.75 Å². The maximum atomic E-state index is 11.7. The molecule has 0 radical (unpaired) electrons. The van der Waals surface area contributed by atoms with Gasteiger partial charge in [0.2, 0.25) is 0 Å². The lowest BCUT2D eigenvalue weighted by Crippen LogP contribution is -2.25. The summed E-state index contributed by atoms with van der Waals surface area (Å²) >= 11 is 0. The molecule has 0 bridgehead atoms. The van der Waals surface area contributed by atoms with E-state index in [9.17, 15) is 14.9 Å². The number of nitrogens with zero attached hydrogens (tertiary/aromatic N) is 2. The van der Waals surface area contributed by atoms with E-state index in [4.69, 9.17) is 4.74 Å². The molecule has 1 amide bonds. The van der Waals surface area contributed by atoms with Crippen molar-refractivity contribution in [3.05, 3.63) is 69.3 Å². The number of rotatable bonds is 6. The van der Waals surface area contributed by atoms with Gasteiger partial charge in [-0.1, -0.05) is 18.2 Å². The van der Waals surface area contributed by atoms with Gasteiger partial charge in [-0.2, -0.15) is 5.10 Å². The molecular weight excluding hydrogens is 310 g/mol. The minimum absolute atomic E-state index is 0.00168. The summed E-state index contributed by atoms with van der Waals surface area (Å²) in [5, 5.41) is 14.4. The van der Waals surface area contributed by atoms with Gasteiger partial charge < -0.3 is 4.74 Å². The van der Waals surface area contributed by atoms with Gasteiger partial charge in [-0.05, 0) is 42.7 Å². The van der Waals surface area contributed by atoms with Crippen LogP contribution in [0.15, 0.2) is 47.6 Å². The van der Waals surface area contributed by atoms with Crippen molar-refractivity contribution >= 4 is 17.8 Å². The first-order valence-corrected chi connectivity index (χ1v) is 7.23. The van der Waals surface area contributed by atoms with Gasteiger partial charge in [-0.15, -0.1) is 0 Å². The van der Waals surface area contributed by atoms with Gasteiger partial charge in [0.05, 0.1) is 11.1 Å². The van der Waals surface area contributed by atoms with Crippen LogP contribution in [0.5, 0.6) is 5.75 Å². The van der Waals surface area contributed by atoms with Crippen LogP contribution in [0.4, 0.5) is 5.69 Å². The molecule has 7 heteroatoms. The summed E-state index contributed by atoms with van der Waals surface area (Å²) in [4.78, 5) is 21.8. The molecule has 0 saturated carbocycles. The molecule has 0 spiro atoms. The fourth-order valence-corrected chi connectivity index (χ4v) is 2.06. The molecule has 2 aromatic carbocycles. The number of nitrogens with one attached hydrogen (secondary N) is 1. The molecule has 124 valence electrons. The van der Waals surface area contributed by atoms with Crippen molar-refractivity contribution in [3.8, 4) is 5.75 Å². The number of carbonyl (C=O) groups excluding carboxylic acids is 1. The van der Waals surface area contributed by atoms with E-state index in [1.54, 1.807) is 12.1 Å². The molecule has 2 aromatic rings. The molecule has 7 nitrogen and oxygen atoms in total. The molecule has 0 saturated heterocycles. The zero-order chi connectivity index (χ0) is 17.5. The number of benzene rings is 2. The molecule has 0 aliphatic carbocycles. The number of carbonyl (C=O) groups is 1. The topological polar surface area (TPSA) is 93.8 Å². The second-order valence-corrected chi connectivity index (χ2v) is 5.15. The number of ether oxygens (including phenoxy) is 1. The number of nitro benzene ring substituents is 1. The van der Waals surface area contributed by atoms with Gasteiger partial charge in [0.15, 0.2) is 6.61 Å². The van der Waals surface area contributed by atoms with E-state index >= 15 is 0 Å². The normalized spacial score (nSPS) is 10.6. The van der Waals surface area contributed by atoms with E-state index in [-0.39, 0.29) is 12.3 Å². The van der Waals surface area contributed by atoms with Gasteiger partial charge in [0.25, 0.3) is 11.6 Å². The lowest BCUT2D eigenvalue weighted by atomic mass is 10.1. The molecule has 2 rings (SSSR count). The van der Waals surface area contributed by atoms with E-state index in [0.29, 0.717) is 11.3 Å². The second-order valence-electron chi connectivity index (χ2n) is 5.15. The third kappa shape index (κ3) is 4.64. The smallest absolute Gasteiger partial charge is 0.277 e. The standard InChI is InChI=1S/C17H17N3O4/c1-12-4-3-5-13(2)17(12)24-11-16(21)19-18-10-14-6-8-15(9-7-14)20(22)23/h3-10H,11H2,1-2H3,(H,19,21)/b18-10-. The predicted octanol–water partition coefficient (Wildman–Crippen LogP) is 2.74. The summed E-state index contributed by atoms with van der Waals surface area (Å²) in [6.45, 7) is 3.67. The summed E-state index contributed by atoms with van der Waals surface area (Å²) in [6.07, 6.45) is 1.40. The van der Waals surface area contributed by atoms with Gasteiger partial charge in [0, 0.05) is 12.1 Å². The fraction of sp³-hybridized carbons (Fsp3) is 0.176. The first-order chi connectivity index (χ1) is 11.5. The zero-order valence-electron chi connectivity index (χ0n) is 13.4. The Hall–Kier alpha value is -3.22. The van der Waals surface area contributed by atoms with E-state index in [1.165, 1.54) is 18.3 Å². The number of hydrogen-bond donors (Lipinski definition) is 1. The Morgan fingerprint density at radius 2 is 1.83 bits per heavy atom. The largest absolute Gasteiger partial charge is 0.483 e. The summed E-state index contributed by atoms with van der Waals surface area (Å²) < 4.78 is 5.51. The van der Waals surface area contributed by atoms with Gasteiger partial charge >= 0.3 is 0 Å². The average molecular weight is 327 g/mol. The van der Waals surface area contributed by atoms with Crippen molar-refractivity contribution in [2.24, 2.45) is 5.10 Å². The van der Waals surface area contributed by atoms with Crippen LogP contribution in [0, 0.1) is 24.0 Å². The Balaban J connectivity index is 1.85. The van der Waals surface area contributed by atoms with Crippen molar-refractivity contribution in [3.63, 3.8) is 0 Å². The maximum Gasteiger partial charge on any atom is 0.277 e. The lowest BCUT2D eigenvalue weighted by molar-refractivity contribution is -0.384. The Kier molecular flexibility index (Phi) is 5.62. The molecule has 0 unspecified atom stereocenters. The van der Waals surface area contributed by atoms with E-state index in [0.717, 1.165) is 11.1 Å². The highest BCUT2D eigenvalue weighted by Gasteiger charge is 2.06. The highest BCUT2D eigenvalue weighted by molar-refractivity contribution is 5.83. The summed E-state index contributed by atoms with van der Waals surface area (Å²) in [5.74, 6) is 0.294. The SMILES string of the molecule is Cc1cccc(C)c1OCC(=O)N/N=C\c1ccc([N+](=O)[O-])cc1. The summed E-state index contributed by atoms with van der Waals surface area (Å²) in [7, 11) is 0. The monoisotopic (exact) mass is 327 g/mol. The maximum absolute atomic E-state index is 11.7. The highest BCUT2D eigenvalue weighted by atomic mass is 16.6. The third-order valence-electron chi connectivity index (χ3n) is 3.26. The Labute approximate surface area is 139 Å². The van der Waals surface area contributed by atoms with Crippen molar-refractivity contribution in [2.45, 2.75) is 13.8 Å². The molecular formula is C17H17N3O4. The molecule has 0 atom stereocenters. The highest BCUT2D eigenvalue weighted by Crippen LogP contribution is 2.21. The molecule has 0 heterocycles. The van der Waals surface area contributed by atoms with Crippen molar-refractivity contribution in [2.75, 3.05) is 6.61 Å². The molecule has 0 fully saturated rings. The van der Waals surface area contributed by atoms with Crippen molar-refractivity contribution in [1.29, 1.82) is 0 Å². The minimum Gasteiger partial charge on any atom is -0.483 e. The van der Waals surface area contributed by atoms with E-state index < -0.39 is 10.8 Å². The first-order valence-electron chi connectivity index (χ1n) is 7.23. The van der Waals surface area contributed by atoms with Crippen LogP contribution >= 0.6 is 0 Å².